The zero-order valence-electron chi connectivity index (χ0n) is 10.3. The number of methoxy groups -OCH3 is 1. The minimum atomic E-state index is 0.259. The van der Waals surface area contributed by atoms with Crippen LogP contribution in [-0.4, -0.2) is 12.9 Å². The van der Waals surface area contributed by atoms with E-state index in [1.165, 1.54) is 5.56 Å². The lowest BCUT2D eigenvalue weighted by Crippen LogP contribution is -2.04. The van der Waals surface area contributed by atoms with Gasteiger partial charge in [-0.25, -0.2) is 0 Å². The first kappa shape index (κ1) is 12.8. The van der Waals surface area contributed by atoms with Crippen LogP contribution in [0.15, 0.2) is 24.3 Å². The zero-order valence-corrected chi connectivity index (χ0v) is 10.3. The highest BCUT2D eigenvalue weighted by atomic mass is 16.5. The van der Waals surface area contributed by atoms with Gasteiger partial charge in [-0.2, -0.15) is 0 Å². The van der Waals surface area contributed by atoms with Crippen molar-refractivity contribution in [1.29, 1.82) is 0 Å². The quantitative estimate of drug-likeness (QED) is 0.732. The van der Waals surface area contributed by atoms with Gasteiger partial charge in [-0.3, -0.25) is 0 Å². The molecule has 1 rings (SSSR count). The van der Waals surface area contributed by atoms with Gasteiger partial charge in [-0.15, -0.1) is 0 Å². The van der Waals surface area contributed by atoms with E-state index in [9.17, 15) is 4.79 Å². The van der Waals surface area contributed by atoms with E-state index in [0.29, 0.717) is 12.3 Å². The monoisotopic (exact) mass is 220 g/mol. The van der Waals surface area contributed by atoms with Gasteiger partial charge in [0.1, 0.15) is 11.5 Å². The first-order chi connectivity index (χ1) is 7.67. The van der Waals surface area contributed by atoms with E-state index < -0.39 is 0 Å². The maximum Gasteiger partial charge on any atom is 0.130 e. The minimum Gasteiger partial charge on any atom is -0.497 e. The predicted octanol–water partition coefficient (Wildman–Crippen LogP) is 3.56. The summed E-state index contributed by atoms with van der Waals surface area (Å²) in [4.78, 5) is 11.2. The van der Waals surface area contributed by atoms with Crippen molar-refractivity contribution in [2.75, 3.05) is 7.11 Å². The molecule has 0 fully saturated rings. The fraction of sp³-hybridized carbons (Fsp3) is 0.500. The molecule has 0 spiro atoms. The van der Waals surface area contributed by atoms with Crippen molar-refractivity contribution >= 4 is 5.78 Å². The molecule has 1 aromatic carbocycles. The number of ether oxygens (including phenoxy) is 1. The Bertz CT molecular complexity index is 327. The summed E-state index contributed by atoms with van der Waals surface area (Å²) in [5, 5.41) is 0. The molecule has 0 aromatic heterocycles. The Morgan fingerprint density at radius 2 is 1.94 bits per heavy atom. The van der Waals surface area contributed by atoms with Crippen molar-refractivity contribution < 1.29 is 9.53 Å². The van der Waals surface area contributed by atoms with Gasteiger partial charge in [0.2, 0.25) is 0 Å². The molecule has 0 heterocycles. The van der Waals surface area contributed by atoms with Crippen LogP contribution in [0.1, 0.15) is 44.6 Å². The molecule has 0 saturated heterocycles. The van der Waals surface area contributed by atoms with Crippen molar-refractivity contribution in [3.05, 3.63) is 29.8 Å². The van der Waals surface area contributed by atoms with Crippen LogP contribution in [0.2, 0.25) is 0 Å². The summed E-state index contributed by atoms with van der Waals surface area (Å²) >= 11 is 0. The van der Waals surface area contributed by atoms with Gasteiger partial charge in [-0.05, 0) is 37.0 Å². The third kappa shape index (κ3) is 3.69. The summed E-state index contributed by atoms with van der Waals surface area (Å²) in [7, 11) is 1.66. The molecular formula is C14H20O2. The van der Waals surface area contributed by atoms with Crippen LogP contribution in [0.25, 0.3) is 0 Å². The molecule has 0 radical (unpaired) electrons. The van der Waals surface area contributed by atoms with Gasteiger partial charge in [0.05, 0.1) is 7.11 Å². The third-order valence-corrected chi connectivity index (χ3v) is 2.76. The number of Topliss-reactive ketones (excluding diaryl/α,β-unsaturated/α-hetero) is 1. The van der Waals surface area contributed by atoms with Crippen molar-refractivity contribution in [3.63, 3.8) is 0 Å². The Balaban J connectivity index is 2.79. The van der Waals surface area contributed by atoms with Gasteiger partial charge < -0.3 is 9.53 Å². The van der Waals surface area contributed by atoms with Crippen molar-refractivity contribution in [2.24, 2.45) is 0 Å². The number of hydrogen-bond donors (Lipinski definition) is 0. The van der Waals surface area contributed by atoms with E-state index in [1.54, 1.807) is 14.0 Å². The fourth-order valence-corrected chi connectivity index (χ4v) is 1.96. The Labute approximate surface area is 97.6 Å². The Morgan fingerprint density at radius 3 is 2.38 bits per heavy atom. The maximum absolute atomic E-state index is 11.2. The molecule has 2 heteroatoms. The first-order valence-electron chi connectivity index (χ1n) is 5.80. The molecule has 1 aromatic rings. The largest absolute Gasteiger partial charge is 0.497 e. The number of benzene rings is 1. The number of hydrogen-bond acceptors (Lipinski definition) is 2. The summed E-state index contributed by atoms with van der Waals surface area (Å²) in [5.74, 6) is 1.48. The summed E-state index contributed by atoms with van der Waals surface area (Å²) in [6, 6.07) is 8.03. The van der Waals surface area contributed by atoms with Crippen molar-refractivity contribution in [1.82, 2.24) is 0 Å². The van der Waals surface area contributed by atoms with Gasteiger partial charge >= 0.3 is 0 Å². The van der Waals surface area contributed by atoms with E-state index in [2.05, 4.69) is 19.1 Å². The predicted molar refractivity (Wildman–Crippen MR) is 65.9 cm³/mol. The van der Waals surface area contributed by atoms with Crippen LogP contribution >= 0.6 is 0 Å². The molecule has 0 amide bonds. The zero-order chi connectivity index (χ0) is 12.0. The topological polar surface area (TPSA) is 26.3 Å². The molecule has 0 aliphatic heterocycles. The van der Waals surface area contributed by atoms with Crippen LogP contribution in [0.4, 0.5) is 0 Å². The number of carbonyl (C=O) groups is 1. The second-order valence-electron chi connectivity index (χ2n) is 4.16. The lowest BCUT2D eigenvalue weighted by molar-refractivity contribution is -0.117. The van der Waals surface area contributed by atoms with Crippen molar-refractivity contribution in [3.8, 4) is 5.75 Å². The number of rotatable bonds is 6. The van der Waals surface area contributed by atoms with Crippen LogP contribution in [0.5, 0.6) is 5.75 Å². The maximum atomic E-state index is 11.2. The highest BCUT2D eigenvalue weighted by Gasteiger charge is 2.12. The van der Waals surface area contributed by atoms with E-state index in [-0.39, 0.29) is 5.78 Å². The number of carbonyl (C=O) groups excluding carboxylic acids is 1. The molecule has 16 heavy (non-hydrogen) atoms. The summed E-state index contributed by atoms with van der Waals surface area (Å²) in [5.41, 5.74) is 1.23. The molecule has 1 unspecified atom stereocenters. The second-order valence-corrected chi connectivity index (χ2v) is 4.16. The Morgan fingerprint density at radius 1 is 1.31 bits per heavy atom. The van der Waals surface area contributed by atoms with Crippen LogP contribution in [0, 0.1) is 0 Å². The molecular weight excluding hydrogens is 200 g/mol. The summed E-state index contributed by atoms with van der Waals surface area (Å²) in [6.45, 7) is 3.81. The van der Waals surface area contributed by atoms with E-state index in [0.717, 1.165) is 18.6 Å². The molecule has 0 aliphatic carbocycles. The SMILES string of the molecule is CCCC(CC(C)=O)c1ccc(OC)cc1. The molecule has 0 bridgehead atoms. The summed E-state index contributed by atoms with van der Waals surface area (Å²) in [6.07, 6.45) is 2.80. The molecule has 0 saturated carbocycles. The lowest BCUT2D eigenvalue weighted by atomic mass is 9.90. The molecule has 0 aliphatic rings. The van der Waals surface area contributed by atoms with E-state index in [4.69, 9.17) is 4.74 Å². The third-order valence-electron chi connectivity index (χ3n) is 2.76. The average molecular weight is 220 g/mol. The number of ketones is 1. The molecule has 88 valence electrons. The standard InChI is InChI=1S/C14H20O2/c1-4-5-13(10-11(2)15)12-6-8-14(16-3)9-7-12/h6-9,13H,4-5,10H2,1-3H3. The van der Waals surface area contributed by atoms with Crippen LogP contribution in [0.3, 0.4) is 0 Å². The van der Waals surface area contributed by atoms with Gasteiger partial charge in [0.15, 0.2) is 0 Å². The smallest absolute Gasteiger partial charge is 0.130 e. The average Bonchev–Trinajstić information content (AvgIpc) is 2.28. The molecule has 1 atom stereocenters. The van der Waals surface area contributed by atoms with Gasteiger partial charge in [-0.1, -0.05) is 25.5 Å². The molecule has 2 nitrogen and oxygen atoms in total. The van der Waals surface area contributed by atoms with Gasteiger partial charge in [0, 0.05) is 6.42 Å². The van der Waals surface area contributed by atoms with Crippen molar-refractivity contribution in [2.45, 2.75) is 39.0 Å². The second kappa shape index (κ2) is 6.31. The lowest BCUT2D eigenvalue weighted by Gasteiger charge is -2.15. The van der Waals surface area contributed by atoms with Gasteiger partial charge in [0.25, 0.3) is 0 Å². The van der Waals surface area contributed by atoms with E-state index in [1.807, 2.05) is 12.1 Å². The molecule has 0 N–H and O–H groups in total. The Hall–Kier alpha value is -1.31. The Kier molecular flexibility index (Phi) is 5.03. The van der Waals surface area contributed by atoms with Crippen LogP contribution < -0.4 is 4.74 Å². The highest BCUT2D eigenvalue weighted by molar-refractivity contribution is 5.76. The normalized spacial score (nSPS) is 12.2. The summed E-state index contributed by atoms with van der Waals surface area (Å²) < 4.78 is 5.12. The first-order valence-corrected chi connectivity index (χ1v) is 5.80. The minimum absolute atomic E-state index is 0.259. The fourth-order valence-electron chi connectivity index (χ4n) is 1.96. The van der Waals surface area contributed by atoms with Crippen LogP contribution in [-0.2, 0) is 4.79 Å². The highest BCUT2D eigenvalue weighted by Crippen LogP contribution is 2.26. The van der Waals surface area contributed by atoms with E-state index >= 15 is 0 Å².